The number of hydrazine groups is 1. The van der Waals surface area contributed by atoms with E-state index >= 15 is 0 Å². The van der Waals surface area contributed by atoms with Crippen LogP contribution in [0.5, 0.6) is 0 Å². The zero-order valence-corrected chi connectivity index (χ0v) is 10.8. The van der Waals surface area contributed by atoms with Crippen LogP contribution >= 0.6 is 0 Å². The van der Waals surface area contributed by atoms with Crippen LogP contribution in [-0.4, -0.2) is 33.4 Å². The first-order valence-electron chi connectivity index (χ1n) is 6.04. The number of nitro groups is 1. The Morgan fingerprint density at radius 2 is 2.20 bits per heavy atom. The number of aromatic nitrogens is 2. The van der Waals surface area contributed by atoms with Gasteiger partial charge in [-0.3, -0.25) is 20.3 Å². The van der Waals surface area contributed by atoms with E-state index in [9.17, 15) is 14.9 Å². The Balaban J connectivity index is 2.13. The Labute approximate surface area is 114 Å². The predicted molar refractivity (Wildman–Crippen MR) is 70.9 cm³/mol. The van der Waals surface area contributed by atoms with Gasteiger partial charge in [0.25, 0.3) is 0 Å². The molecule has 10 heteroatoms. The third-order valence-electron chi connectivity index (χ3n) is 2.73. The zero-order chi connectivity index (χ0) is 14.7. The van der Waals surface area contributed by atoms with Crippen LogP contribution in [0.25, 0.3) is 0 Å². The lowest BCUT2D eigenvalue weighted by Crippen LogP contribution is -2.31. The molecule has 20 heavy (non-hydrogen) atoms. The van der Waals surface area contributed by atoms with Crippen LogP contribution in [-0.2, 0) is 4.79 Å². The third kappa shape index (κ3) is 3.29. The molecule has 1 saturated carbocycles. The summed E-state index contributed by atoms with van der Waals surface area (Å²) < 4.78 is 0. The second kappa shape index (κ2) is 5.65. The summed E-state index contributed by atoms with van der Waals surface area (Å²) in [5, 5.41) is 16.4. The van der Waals surface area contributed by atoms with E-state index in [0.29, 0.717) is 0 Å². The van der Waals surface area contributed by atoms with Crippen molar-refractivity contribution < 1.29 is 9.72 Å². The van der Waals surface area contributed by atoms with Crippen LogP contribution in [0.4, 0.5) is 17.5 Å². The lowest BCUT2D eigenvalue weighted by molar-refractivity contribution is -0.385. The largest absolute Gasteiger partial charge is 0.355 e. The first kappa shape index (κ1) is 13.9. The van der Waals surface area contributed by atoms with Gasteiger partial charge in [-0.25, -0.2) is 10.8 Å². The van der Waals surface area contributed by atoms with Gasteiger partial charge in [-0.05, 0) is 19.8 Å². The van der Waals surface area contributed by atoms with Crippen molar-refractivity contribution in [2.24, 2.45) is 5.84 Å². The number of amides is 1. The monoisotopic (exact) mass is 281 g/mol. The fourth-order valence-electron chi connectivity index (χ4n) is 1.64. The fraction of sp³-hybridized carbons (Fsp3) is 0.500. The van der Waals surface area contributed by atoms with Gasteiger partial charge in [-0.2, -0.15) is 4.98 Å². The van der Waals surface area contributed by atoms with Gasteiger partial charge in [-0.1, -0.05) is 0 Å². The lowest BCUT2D eigenvalue weighted by atomic mass is 10.3. The van der Waals surface area contributed by atoms with E-state index in [1.165, 1.54) is 6.92 Å². The highest BCUT2D eigenvalue weighted by Gasteiger charge is 2.25. The molecule has 0 saturated heterocycles. The number of anilines is 2. The summed E-state index contributed by atoms with van der Waals surface area (Å²) in [5.41, 5.74) is 2.10. The Kier molecular flexibility index (Phi) is 3.94. The molecule has 0 unspecified atom stereocenters. The Morgan fingerprint density at radius 3 is 2.75 bits per heavy atom. The van der Waals surface area contributed by atoms with E-state index in [0.717, 1.165) is 12.8 Å². The Morgan fingerprint density at radius 1 is 1.50 bits per heavy atom. The molecule has 1 aromatic heterocycles. The Hall–Kier alpha value is -2.49. The molecule has 108 valence electrons. The molecule has 10 nitrogen and oxygen atoms in total. The summed E-state index contributed by atoms with van der Waals surface area (Å²) in [6.45, 7) is 1.37. The maximum absolute atomic E-state index is 11.6. The van der Waals surface area contributed by atoms with Crippen molar-refractivity contribution in [1.29, 1.82) is 0 Å². The number of nitrogens with two attached hydrogens (primary N) is 1. The molecule has 0 spiro atoms. The van der Waals surface area contributed by atoms with Crippen molar-refractivity contribution >= 4 is 23.4 Å². The first-order valence-corrected chi connectivity index (χ1v) is 6.04. The SMILES string of the molecule is Cc1nc(NN)nc(NCC(=O)NC2CC2)c1[N+](=O)[O-]. The summed E-state index contributed by atoms with van der Waals surface area (Å²) >= 11 is 0. The molecule has 1 aromatic rings. The average Bonchev–Trinajstić information content (AvgIpc) is 3.18. The highest BCUT2D eigenvalue weighted by atomic mass is 16.6. The normalized spacial score (nSPS) is 13.7. The minimum atomic E-state index is -0.600. The second-order valence-electron chi connectivity index (χ2n) is 4.43. The van der Waals surface area contributed by atoms with E-state index in [-0.39, 0.29) is 41.6 Å². The number of carbonyl (C=O) groups excluding carboxylic acids is 1. The molecule has 0 aromatic carbocycles. The molecule has 1 aliphatic carbocycles. The van der Waals surface area contributed by atoms with Crippen LogP contribution in [0.1, 0.15) is 18.5 Å². The van der Waals surface area contributed by atoms with E-state index in [1.807, 2.05) is 0 Å². The highest BCUT2D eigenvalue weighted by molar-refractivity contribution is 5.81. The molecule has 1 fully saturated rings. The second-order valence-corrected chi connectivity index (χ2v) is 4.43. The summed E-state index contributed by atoms with van der Waals surface area (Å²) in [7, 11) is 0. The van der Waals surface area contributed by atoms with Crippen molar-refractivity contribution in [2.75, 3.05) is 17.3 Å². The predicted octanol–water partition coefficient (Wildman–Crippen LogP) is -0.331. The van der Waals surface area contributed by atoms with Gasteiger partial charge in [0, 0.05) is 6.04 Å². The topological polar surface area (TPSA) is 148 Å². The van der Waals surface area contributed by atoms with Gasteiger partial charge in [0.05, 0.1) is 11.5 Å². The van der Waals surface area contributed by atoms with Gasteiger partial charge >= 0.3 is 5.69 Å². The van der Waals surface area contributed by atoms with Crippen LogP contribution in [0.2, 0.25) is 0 Å². The maximum Gasteiger partial charge on any atom is 0.332 e. The molecular formula is C10H15N7O3. The third-order valence-corrected chi connectivity index (χ3v) is 2.73. The molecular weight excluding hydrogens is 266 g/mol. The fourth-order valence-corrected chi connectivity index (χ4v) is 1.64. The number of carbonyl (C=O) groups is 1. The van der Waals surface area contributed by atoms with Crippen molar-refractivity contribution in [3.8, 4) is 0 Å². The number of nitrogens with zero attached hydrogens (tertiary/aromatic N) is 3. The van der Waals surface area contributed by atoms with Crippen molar-refractivity contribution in [2.45, 2.75) is 25.8 Å². The molecule has 2 rings (SSSR count). The van der Waals surface area contributed by atoms with Crippen LogP contribution < -0.4 is 21.9 Å². The molecule has 1 amide bonds. The van der Waals surface area contributed by atoms with Crippen molar-refractivity contribution in [3.05, 3.63) is 15.8 Å². The van der Waals surface area contributed by atoms with Crippen LogP contribution in [0.3, 0.4) is 0 Å². The van der Waals surface area contributed by atoms with E-state index in [2.05, 4.69) is 26.0 Å². The number of aryl methyl sites for hydroxylation is 1. The molecule has 0 bridgehead atoms. The Bertz CT molecular complexity index is 544. The lowest BCUT2D eigenvalue weighted by Gasteiger charge is -2.09. The summed E-state index contributed by atoms with van der Waals surface area (Å²) in [5.74, 6) is 4.96. The summed E-state index contributed by atoms with van der Waals surface area (Å²) in [6.07, 6.45) is 1.94. The first-order chi connectivity index (χ1) is 9.51. The minimum Gasteiger partial charge on any atom is -0.355 e. The number of hydrogen-bond acceptors (Lipinski definition) is 8. The summed E-state index contributed by atoms with van der Waals surface area (Å²) in [4.78, 5) is 29.7. The quantitative estimate of drug-likeness (QED) is 0.314. The van der Waals surface area contributed by atoms with Gasteiger partial charge < -0.3 is 10.6 Å². The molecule has 1 aliphatic rings. The number of nitrogens with one attached hydrogen (secondary N) is 3. The molecule has 1 heterocycles. The average molecular weight is 281 g/mol. The van der Waals surface area contributed by atoms with E-state index < -0.39 is 4.92 Å². The van der Waals surface area contributed by atoms with Gasteiger partial charge in [0.1, 0.15) is 5.69 Å². The van der Waals surface area contributed by atoms with Gasteiger partial charge in [-0.15, -0.1) is 0 Å². The molecule has 0 aliphatic heterocycles. The minimum absolute atomic E-state index is 0.0400. The maximum atomic E-state index is 11.6. The molecule has 5 N–H and O–H groups in total. The molecule has 0 atom stereocenters. The number of nitrogen functional groups attached to an aromatic ring is 1. The van der Waals surface area contributed by atoms with Crippen LogP contribution in [0.15, 0.2) is 0 Å². The van der Waals surface area contributed by atoms with Gasteiger partial charge in [0.2, 0.25) is 17.7 Å². The van der Waals surface area contributed by atoms with Gasteiger partial charge in [0.15, 0.2) is 0 Å². The standard InChI is InChI=1S/C10H15N7O3/c1-5-8(17(19)20)9(15-10(13-5)16-11)12-4-7(18)14-6-2-3-6/h6H,2-4,11H2,1H3,(H,14,18)(H2,12,13,15,16). The van der Waals surface area contributed by atoms with Crippen molar-refractivity contribution in [1.82, 2.24) is 15.3 Å². The smallest absolute Gasteiger partial charge is 0.332 e. The number of rotatable bonds is 6. The number of hydrogen-bond donors (Lipinski definition) is 4. The van der Waals surface area contributed by atoms with E-state index in [4.69, 9.17) is 5.84 Å². The molecule has 0 radical (unpaired) electrons. The van der Waals surface area contributed by atoms with E-state index in [1.54, 1.807) is 0 Å². The van der Waals surface area contributed by atoms with Crippen molar-refractivity contribution in [3.63, 3.8) is 0 Å². The zero-order valence-electron chi connectivity index (χ0n) is 10.8. The van der Waals surface area contributed by atoms with Crippen LogP contribution in [0, 0.1) is 17.0 Å². The summed E-state index contributed by atoms with van der Waals surface area (Å²) in [6, 6.07) is 0.229. The highest BCUT2D eigenvalue weighted by Crippen LogP contribution is 2.26.